The highest BCUT2D eigenvalue weighted by Gasteiger charge is 2.33. The first-order valence-electron chi connectivity index (χ1n) is 7.60. The van der Waals surface area contributed by atoms with Crippen molar-refractivity contribution < 1.29 is 17.7 Å². The highest BCUT2D eigenvalue weighted by molar-refractivity contribution is 7.91. The summed E-state index contributed by atoms with van der Waals surface area (Å²) in [6.07, 6.45) is 1.85. The van der Waals surface area contributed by atoms with Crippen LogP contribution in [-0.2, 0) is 14.6 Å². The first-order chi connectivity index (χ1) is 10.4. The van der Waals surface area contributed by atoms with Gasteiger partial charge >= 0.3 is 0 Å². The van der Waals surface area contributed by atoms with Gasteiger partial charge in [-0.2, -0.15) is 0 Å². The van der Waals surface area contributed by atoms with E-state index in [-0.39, 0.29) is 30.0 Å². The standard InChI is InChI=1S/C14H21N3O4S/c1-11-9-12(15-21-11)13-3-2-4-17(13)14(18)10-16-5-7-22(19,20)8-6-16/h9,13H,2-8,10H2,1H3. The Morgan fingerprint density at radius 3 is 2.73 bits per heavy atom. The van der Waals surface area contributed by atoms with Gasteiger partial charge in [0.15, 0.2) is 9.84 Å². The Kier molecular flexibility index (Phi) is 4.22. The van der Waals surface area contributed by atoms with Crippen LogP contribution in [0.4, 0.5) is 0 Å². The van der Waals surface area contributed by atoms with Gasteiger partial charge in [-0.15, -0.1) is 0 Å². The lowest BCUT2D eigenvalue weighted by Crippen LogP contribution is -2.46. The van der Waals surface area contributed by atoms with E-state index >= 15 is 0 Å². The van der Waals surface area contributed by atoms with Crippen LogP contribution in [0.2, 0.25) is 0 Å². The normalized spacial score (nSPS) is 25.5. The summed E-state index contributed by atoms with van der Waals surface area (Å²) in [5.74, 6) is 1.08. The summed E-state index contributed by atoms with van der Waals surface area (Å²) < 4.78 is 28.0. The molecule has 0 N–H and O–H groups in total. The van der Waals surface area contributed by atoms with E-state index in [9.17, 15) is 13.2 Å². The highest BCUT2D eigenvalue weighted by atomic mass is 32.2. The van der Waals surface area contributed by atoms with E-state index in [0.29, 0.717) is 13.1 Å². The third kappa shape index (κ3) is 3.33. The predicted molar refractivity (Wildman–Crippen MR) is 80.0 cm³/mol. The van der Waals surface area contributed by atoms with Crippen LogP contribution in [0, 0.1) is 6.92 Å². The molecule has 22 heavy (non-hydrogen) atoms. The fraction of sp³-hybridized carbons (Fsp3) is 0.714. The Balaban J connectivity index is 1.62. The molecule has 0 spiro atoms. The lowest BCUT2D eigenvalue weighted by atomic mass is 10.1. The molecule has 2 aliphatic heterocycles. The van der Waals surface area contributed by atoms with Gasteiger partial charge in [-0.05, 0) is 19.8 Å². The molecule has 1 aromatic rings. The lowest BCUT2D eigenvalue weighted by molar-refractivity contribution is -0.133. The van der Waals surface area contributed by atoms with Gasteiger partial charge in [0.05, 0.1) is 24.1 Å². The second kappa shape index (κ2) is 6.00. The van der Waals surface area contributed by atoms with E-state index in [2.05, 4.69) is 5.16 Å². The Hall–Kier alpha value is -1.41. The summed E-state index contributed by atoms with van der Waals surface area (Å²) >= 11 is 0. The van der Waals surface area contributed by atoms with Gasteiger partial charge in [0.1, 0.15) is 11.5 Å². The van der Waals surface area contributed by atoms with E-state index in [4.69, 9.17) is 4.52 Å². The summed E-state index contributed by atoms with van der Waals surface area (Å²) in [6, 6.07) is 1.86. The first kappa shape index (κ1) is 15.5. The van der Waals surface area contributed by atoms with E-state index in [1.54, 1.807) is 0 Å². The molecular formula is C14H21N3O4S. The Morgan fingerprint density at radius 1 is 1.36 bits per heavy atom. The number of carbonyl (C=O) groups is 1. The van der Waals surface area contributed by atoms with Gasteiger partial charge in [-0.3, -0.25) is 9.69 Å². The van der Waals surface area contributed by atoms with E-state index in [0.717, 1.165) is 30.8 Å². The molecule has 0 bridgehead atoms. The van der Waals surface area contributed by atoms with E-state index in [1.807, 2.05) is 22.8 Å². The summed E-state index contributed by atoms with van der Waals surface area (Å²) in [5, 5.41) is 4.03. The van der Waals surface area contributed by atoms with Crippen LogP contribution in [0.5, 0.6) is 0 Å². The number of hydrogen-bond acceptors (Lipinski definition) is 6. The molecule has 2 saturated heterocycles. The van der Waals surface area contributed by atoms with Crippen LogP contribution in [0.1, 0.15) is 30.3 Å². The molecule has 0 aliphatic carbocycles. The summed E-state index contributed by atoms with van der Waals surface area (Å²) in [6.45, 7) is 3.72. The largest absolute Gasteiger partial charge is 0.361 e. The summed E-state index contributed by atoms with van der Waals surface area (Å²) in [7, 11) is -2.91. The number of sulfone groups is 1. The Bertz CT molecular complexity index is 641. The van der Waals surface area contributed by atoms with Gasteiger partial charge in [0.2, 0.25) is 5.91 Å². The number of rotatable bonds is 3. The maximum Gasteiger partial charge on any atom is 0.237 e. The van der Waals surface area contributed by atoms with Crippen LogP contribution in [0.3, 0.4) is 0 Å². The minimum absolute atomic E-state index is 0.0153. The van der Waals surface area contributed by atoms with Crippen molar-refractivity contribution in [1.29, 1.82) is 0 Å². The van der Waals surface area contributed by atoms with Crippen molar-refractivity contribution in [2.75, 3.05) is 37.7 Å². The SMILES string of the molecule is Cc1cc(C2CCCN2C(=O)CN2CCS(=O)(=O)CC2)no1. The second-order valence-corrected chi connectivity index (χ2v) is 8.34. The third-order valence-electron chi connectivity index (χ3n) is 4.36. The van der Waals surface area contributed by atoms with Crippen LogP contribution < -0.4 is 0 Å². The topological polar surface area (TPSA) is 83.7 Å². The number of nitrogens with zero attached hydrogens (tertiary/aromatic N) is 3. The van der Waals surface area contributed by atoms with Crippen LogP contribution in [0.15, 0.2) is 10.6 Å². The average Bonchev–Trinajstić information content (AvgIpc) is 3.09. The van der Waals surface area contributed by atoms with Gasteiger partial charge < -0.3 is 9.42 Å². The molecule has 2 fully saturated rings. The van der Waals surface area contributed by atoms with Crippen LogP contribution >= 0.6 is 0 Å². The van der Waals surface area contributed by atoms with Gasteiger partial charge in [0.25, 0.3) is 0 Å². The summed E-state index contributed by atoms with van der Waals surface area (Å²) in [5.41, 5.74) is 0.810. The van der Waals surface area contributed by atoms with E-state index in [1.165, 1.54) is 0 Å². The smallest absolute Gasteiger partial charge is 0.237 e. The van der Waals surface area contributed by atoms with Crippen molar-refractivity contribution >= 4 is 15.7 Å². The molecule has 0 radical (unpaired) electrons. The van der Waals surface area contributed by atoms with Crippen molar-refractivity contribution in [3.05, 3.63) is 17.5 Å². The van der Waals surface area contributed by atoms with Crippen molar-refractivity contribution in [1.82, 2.24) is 15.0 Å². The molecule has 1 aromatic heterocycles. The number of aromatic nitrogens is 1. The molecule has 3 heterocycles. The zero-order chi connectivity index (χ0) is 15.7. The third-order valence-corrected chi connectivity index (χ3v) is 5.97. The van der Waals surface area contributed by atoms with Crippen molar-refractivity contribution in [2.45, 2.75) is 25.8 Å². The van der Waals surface area contributed by atoms with Gasteiger partial charge in [0, 0.05) is 25.7 Å². The Morgan fingerprint density at radius 2 is 2.09 bits per heavy atom. The predicted octanol–water partition coefficient (Wildman–Crippen LogP) is 0.377. The maximum atomic E-state index is 12.5. The highest BCUT2D eigenvalue weighted by Crippen LogP contribution is 2.31. The zero-order valence-corrected chi connectivity index (χ0v) is 13.5. The number of amides is 1. The number of likely N-dealkylation sites (tertiary alicyclic amines) is 1. The fourth-order valence-corrected chi connectivity index (χ4v) is 4.38. The monoisotopic (exact) mass is 327 g/mol. The number of carbonyl (C=O) groups excluding carboxylic acids is 1. The first-order valence-corrected chi connectivity index (χ1v) is 9.42. The quantitative estimate of drug-likeness (QED) is 0.798. The number of hydrogen-bond donors (Lipinski definition) is 0. The molecular weight excluding hydrogens is 306 g/mol. The molecule has 2 aliphatic rings. The molecule has 122 valence electrons. The van der Waals surface area contributed by atoms with Gasteiger partial charge in [-0.1, -0.05) is 5.16 Å². The molecule has 8 heteroatoms. The van der Waals surface area contributed by atoms with Crippen molar-refractivity contribution in [3.8, 4) is 0 Å². The minimum atomic E-state index is -2.91. The molecule has 1 atom stereocenters. The summed E-state index contributed by atoms with van der Waals surface area (Å²) in [4.78, 5) is 16.3. The second-order valence-electron chi connectivity index (χ2n) is 6.04. The molecule has 0 aromatic carbocycles. The molecule has 0 saturated carbocycles. The minimum Gasteiger partial charge on any atom is -0.361 e. The lowest BCUT2D eigenvalue weighted by Gasteiger charge is -2.29. The maximum absolute atomic E-state index is 12.5. The fourth-order valence-electron chi connectivity index (χ4n) is 3.11. The molecule has 1 amide bonds. The zero-order valence-electron chi connectivity index (χ0n) is 12.7. The molecule has 3 rings (SSSR count). The molecule has 1 unspecified atom stereocenters. The Labute approximate surface area is 130 Å². The van der Waals surface area contributed by atoms with Gasteiger partial charge in [-0.25, -0.2) is 8.42 Å². The van der Waals surface area contributed by atoms with Crippen LogP contribution in [0.25, 0.3) is 0 Å². The van der Waals surface area contributed by atoms with E-state index < -0.39 is 9.84 Å². The number of aryl methyl sites for hydroxylation is 1. The van der Waals surface area contributed by atoms with Crippen molar-refractivity contribution in [2.24, 2.45) is 0 Å². The molecule has 7 nitrogen and oxygen atoms in total. The van der Waals surface area contributed by atoms with Crippen molar-refractivity contribution in [3.63, 3.8) is 0 Å². The average molecular weight is 327 g/mol. The van der Waals surface area contributed by atoms with Crippen LogP contribution in [-0.4, -0.2) is 67.0 Å².